The van der Waals surface area contributed by atoms with Gasteiger partial charge in [-0.25, -0.2) is 0 Å². The first-order chi connectivity index (χ1) is 6.13. The molecule has 0 fully saturated rings. The number of aliphatic hydroxyl groups excluding tert-OH is 1. The first kappa shape index (κ1) is 14.5. The van der Waals surface area contributed by atoms with Crippen LogP contribution in [0.2, 0.25) is 0 Å². The molecule has 0 aliphatic heterocycles. The Morgan fingerprint density at radius 1 is 1.54 bits per heavy atom. The average molecular weight is 183 g/mol. The van der Waals surface area contributed by atoms with Crippen LogP contribution < -0.4 is 5.73 Å². The van der Waals surface area contributed by atoms with Crippen LogP contribution in [0.25, 0.3) is 0 Å². The summed E-state index contributed by atoms with van der Waals surface area (Å²) in [4.78, 5) is 0. The molecule has 0 aromatic rings. The molecule has 3 N–H and O–H groups in total. The van der Waals surface area contributed by atoms with Gasteiger partial charge in [0.05, 0.1) is 6.10 Å². The number of hydrogen-bond acceptors (Lipinski definition) is 2. The standard InChI is InChI=1S/C9H15NO.C2H6/c1-4-6-8(7(3)10)9(11)5-2;1-2/h4,6,9,11H,1,3,5,10H2,2H3;1-2H3/b8-6+;. The molecule has 0 aliphatic rings. The van der Waals surface area contributed by atoms with Gasteiger partial charge in [-0.3, -0.25) is 0 Å². The third kappa shape index (κ3) is 6.17. The number of rotatable bonds is 4. The van der Waals surface area contributed by atoms with Crippen LogP contribution in [0.15, 0.2) is 36.6 Å². The second kappa shape index (κ2) is 9.07. The Morgan fingerprint density at radius 2 is 2.00 bits per heavy atom. The third-order valence-corrected chi connectivity index (χ3v) is 1.41. The molecule has 2 nitrogen and oxygen atoms in total. The highest BCUT2D eigenvalue weighted by Gasteiger charge is 2.07. The summed E-state index contributed by atoms with van der Waals surface area (Å²) in [6, 6.07) is 0. The minimum absolute atomic E-state index is 0.402. The van der Waals surface area contributed by atoms with Gasteiger partial charge in [0.15, 0.2) is 0 Å². The fourth-order valence-corrected chi connectivity index (χ4v) is 0.779. The van der Waals surface area contributed by atoms with Crippen molar-refractivity contribution in [2.45, 2.75) is 33.3 Å². The molecule has 0 spiro atoms. The summed E-state index contributed by atoms with van der Waals surface area (Å²) >= 11 is 0. The smallest absolute Gasteiger partial charge is 0.0807 e. The average Bonchev–Trinajstić information content (AvgIpc) is 2.15. The predicted molar refractivity (Wildman–Crippen MR) is 59.3 cm³/mol. The monoisotopic (exact) mass is 183 g/mol. The van der Waals surface area contributed by atoms with Crippen LogP contribution in [-0.4, -0.2) is 11.2 Å². The lowest BCUT2D eigenvalue weighted by Crippen LogP contribution is -2.14. The summed E-state index contributed by atoms with van der Waals surface area (Å²) in [6.45, 7) is 12.9. The molecular weight excluding hydrogens is 162 g/mol. The quantitative estimate of drug-likeness (QED) is 0.657. The van der Waals surface area contributed by atoms with Gasteiger partial charge >= 0.3 is 0 Å². The molecule has 0 heterocycles. The molecule has 0 aromatic heterocycles. The molecule has 76 valence electrons. The molecule has 2 heteroatoms. The number of nitrogens with two attached hydrogens (primary N) is 1. The molecule has 0 aromatic carbocycles. The van der Waals surface area contributed by atoms with Gasteiger partial charge in [0.25, 0.3) is 0 Å². The lowest BCUT2D eigenvalue weighted by Gasteiger charge is -2.11. The maximum Gasteiger partial charge on any atom is 0.0807 e. The summed E-state index contributed by atoms with van der Waals surface area (Å²) in [5.74, 6) is 0. The van der Waals surface area contributed by atoms with Crippen molar-refractivity contribution in [1.29, 1.82) is 0 Å². The van der Waals surface area contributed by atoms with E-state index in [1.165, 1.54) is 0 Å². The van der Waals surface area contributed by atoms with Crippen LogP contribution in [-0.2, 0) is 0 Å². The highest BCUT2D eigenvalue weighted by Crippen LogP contribution is 2.10. The summed E-state index contributed by atoms with van der Waals surface area (Å²) in [7, 11) is 0. The van der Waals surface area contributed by atoms with Gasteiger partial charge in [-0.1, -0.05) is 46.1 Å². The second-order valence-electron chi connectivity index (χ2n) is 2.31. The molecule has 0 amide bonds. The van der Waals surface area contributed by atoms with Gasteiger partial charge in [-0.05, 0) is 6.42 Å². The first-order valence-electron chi connectivity index (χ1n) is 4.58. The van der Waals surface area contributed by atoms with E-state index in [-0.39, 0.29) is 0 Å². The Kier molecular flexibility index (Phi) is 10.1. The zero-order valence-corrected chi connectivity index (χ0v) is 8.88. The number of allylic oxidation sites excluding steroid dienone is 2. The fraction of sp³-hybridized carbons (Fsp3) is 0.455. The van der Waals surface area contributed by atoms with E-state index in [1.54, 1.807) is 12.2 Å². The molecule has 13 heavy (non-hydrogen) atoms. The molecule has 0 rings (SSSR count). The lowest BCUT2D eigenvalue weighted by atomic mass is 10.1. The third-order valence-electron chi connectivity index (χ3n) is 1.41. The van der Waals surface area contributed by atoms with Crippen molar-refractivity contribution in [3.05, 3.63) is 36.6 Å². The molecule has 1 atom stereocenters. The largest absolute Gasteiger partial charge is 0.399 e. The molecule has 0 saturated carbocycles. The van der Waals surface area contributed by atoms with E-state index in [9.17, 15) is 5.11 Å². The van der Waals surface area contributed by atoms with Crippen molar-refractivity contribution in [3.63, 3.8) is 0 Å². The highest BCUT2D eigenvalue weighted by atomic mass is 16.3. The Bertz CT molecular complexity index is 183. The fourth-order valence-electron chi connectivity index (χ4n) is 0.779. The van der Waals surface area contributed by atoms with E-state index in [0.717, 1.165) is 0 Å². The van der Waals surface area contributed by atoms with E-state index in [4.69, 9.17) is 5.73 Å². The van der Waals surface area contributed by atoms with Gasteiger partial charge in [-0.15, -0.1) is 0 Å². The normalized spacial score (nSPS) is 12.5. The zero-order valence-electron chi connectivity index (χ0n) is 8.88. The topological polar surface area (TPSA) is 46.2 Å². The Balaban J connectivity index is 0. The van der Waals surface area contributed by atoms with Gasteiger partial charge in [0, 0.05) is 11.3 Å². The van der Waals surface area contributed by atoms with Crippen molar-refractivity contribution < 1.29 is 5.11 Å². The molecule has 0 bridgehead atoms. The summed E-state index contributed by atoms with van der Waals surface area (Å²) in [5.41, 5.74) is 6.49. The van der Waals surface area contributed by atoms with Crippen molar-refractivity contribution in [2.75, 3.05) is 0 Å². The van der Waals surface area contributed by atoms with Crippen LogP contribution in [0.5, 0.6) is 0 Å². The van der Waals surface area contributed by atoms with Gasteiger partial charge in [0.2, 0.25) is 0 Å². The lowest BCUT2D eigenvalue weighted by molar-refractivity contribution is 0.208. The van der Waals surface area contributed by atoms with E-state index in [0.29, 0.717) is 17.7 Å². The summed E-state index contributed by atoms with van der Waals surface area (Å²) in [6.07, 6.45) is 3.38. The summed E-state index contributed by atoms with van der Waals surface area (Å²) < 4.78 is 0. The molecule has 0 radical (unpaired) electrons. The van der Waals surface area contributed by atoms with E-state index >= 15 is 0 Å². The second-order valence-corrected chi connectivity index (χ2v) is 2.31. The SMILES string of the molecule is C=C/C=C(\C(=C)N)C(O)CC.CC. The van der Waals surface area contributed by atoms with Crippen LogP contribution in [0.1, 0.15) is 27.2 Å². The van der Waals surface area contributed by atoms with Crippen molar-refractivity contribution >= 4 is 0 Å². The van der Waals surface area contributed by atoms with Gasteiger partial charge in [0.1, 0.15) is 0 Å². The van der Waals surface area contributed by atoms with Crippen LogP contribution in [0, 0.1) is 0 Å². The van der Waals surface area contributed by atoms with Crippen LogP contribution in [0.4, 0.5) is 0 Å². The Morgan fingerprint density at radius 3 is 2.23 bits per heavy atom. The molecule has 1 unspecified atom stereocenters. The maximum atomic E-state index is 9.36. The molecule has 0 saturated heterocycles. The Labute approximate surface area is 81.5 Å². The minimum atomic E-state index is -0.523. The highest BCUT2D eigenvalue weighted by molar-refractivity contribution is 5.31. The number of hydrogen-bond donors (Lipinski definition) is 2. The molecular formula is C11H21NO. The van der Waals surface area contributed by atoms with Gasteiger partial charge < -0.3 is 10.8 Å². The van der Waals surface area contributed by atoms with Crippen molar-refractivity contribution in [2.24, 2.45) is 5.73 Å². The van der Waals surface area contributed by atoms with Crippen molar-refractivity contribution in [3.8, 4) is 0 Å². The van der Waals surface area contributed by atoms with Gasteiger partial charge in [-0.2, -0.15) is 0 Å². The summed E-state index contributed by atoms with van der Waals surface area (Å²) in [5, 5.41) is 9.36. The van der Waals surface area contributed by atoms with E-state index in [1.807, 2.05) is 20.8 Å². The maximum absolute atomic E-state index is 9.36. The van der Waals surface area contributed by atoms with Crippen molar-refractivity contribution in [1.82, 2.24) is 0 Å². The predicted octanol–water partition coefficient (Wildman–Crippen LogP) is 2.37. The Hall–Kier alpha value is -1.02. The van der Waals surface area contributed by atoms with Crippen LogP contribution in [0.3, 0.4) is 0 Å². The number of aliphatic hydroxyl groups is 1. The minimum Gasteiger partial charge on any atom is -0.399 e. The van der Waals surface area contributed by atoms with Crippen LogP contribution >= 0.6 is 0 Å². The van der Waals surface area contributed by atoms with E-state index in [2.05, 4.69) is 13.2 Å². The zero-order chi connectivity index (χ0) is 10.9. The first-order valence-corrected chi connectivity index (χ1v) is 4.58. The molecule has 0 aliphatic carbocycles. The van der Waals surface area contributed by atoms with E-state index < -0.39 is 6.10 Å².